The lowest BCUT2D eigenvalue weighted by molar-refractivity contribution is -0.125. The molecule has 3 aliphatic rings. The van der Waals surface area contributed by atoms with E-state index in [1.165, 1.54) is 0 Å². The van der Waals surface area contributed by atoms with Crippen LogP contribution in [-0.4, -0.2) is 93.0 Å². The smallest absolute Gasteiger partial charge is 0.359 e. The second-order valence-corrected chi connectivity index (χ2v) is 16.2. The summed E-state index contributed by atoms with van der Waals surface area (Å²) in [6.07, 6.45) is 12.2. The van der Waals surface area contributed by atoms with Crippen molar-refractivity contribution in [2.24, 2.45) is 5.92 Å². The SMILES string of the molecule is C=Cc1cnc(N2CCC(=O)CC2)c(Cl)c1.C=Cc1cnc(N2CCC(C(=O)NC)CC2)c(Cl)c1.C=Cc1cnc(N2CCC(OS(=O)(=O)C(F)(F)F)CC2)c(Cl)c1.CC.CC. The van der Waals surface area contributed by atoms with Gasteiger partial charge in [-0.05, 0) is 60.6 Å². The van der Waals surface area contributed by atoms with Crippen LogP contribution in [0.25, 0.3) is 18.2 Å². The van der Waals surface area contributed by atoms with E-state index in [-0.39, 0.29) is 37.8 Å². The summed E-state index contributed by atoms with van der Waals surface area (Å²) in [6, 6.07) is 5.38. The van der Waals surface area contributed by atoms with Crippen LogP contribution >= 0.6 is 34.8 Å². The molecule has 3 aliphatic heterocycles. The molecule has 3 fully saturated rings. The summed E-state index contributed by atoms with van der Waals surface area (Å²) in [4.78, 5) is 41.6. The van der Waals surface area contributed by atoms with Crippen molar-refractivity contribution in [2.75, 3.05) is 61.0 Å². The number of rotatable bonds is 9. The molecule has 12 nitrogen and oxygen atoms in total. The van der Waals surface area contributed by atoms with Gasteiger partial charge in [-0.3, -0.25) is 13.8 Å². The Morgan fingerprint density at radius 3 is 1.35 bits per heavy atom. The predicted molar refractivity (Wildman–Crippen MR) is 247 cm³/mol. The molecule has 0 saturated carbocycles. The normalized spacial score (nSPS) is 15.8. The predicted octanol–water partition coefficient (Wildman–Crippen LogP) is 10.2. The number of nitrogens with zero attached hydrogens (tertiary/aromatic N) is 6. The Morgan fingerprint density at radius 2 is 1.05 bits per heavy atom. The number of ketones is 1. The van der Waals surface area contributed by atoms with Crippen LogP contribution in [0.5, 0.6) is 0 Å². The molecular weight excluding hydrogens is 890 g/mol. The molecule has 0 unspecified atom stereocenters. The molecule has 3 saturated heterocycles. The van der Waals surface area contributed by atoms with E-state index in [4.69, 9.17) is 34.8 Å². The van der Waals surface area contributed by atoms with E-state index in [1.54, 1.807) is 54.8 Å². The number of anilines is 3. The average molecular weight is 947 g/mol. The highest BCUT2D eigenvalue weighted by atomic mass is 35.5. The van der Waals surface area contributed by atoms with Crippen molar-refractivity contribution in [3.05, 3.63) is 88.3 Å². The molecule has 0 radical (unpaired) electrons. The van der Waals surface area contributed by atoms with Crippen molar-refractivity contribution in [1.29, 1.82) is 0 Å². The van der Waals surface area contributed by atoms with Gasteiger partial charge in [0.2, 0.25) is 5.91 Å². The highest BCUT2D eigenvalue weighted by Gasteiger charge is 2.48. The molecule has 342 valence electrons. The minimum absolute atomic E-state index is 0.104. The number of Topliss-reactive ketones (excluding diaryl/α,β-unsaturated/α-hetero) is 1. The summed E-state index contributed by atoms with van der Waals surface area (Å²) in [5, 5.41) is 4.35. The van der Waals surface area contributed by atoms with Crippen LogP contribution in [0.15, 0.2) is 56.5 Å². The molecule has 0 aliphatic carbocycles. The quantitative estimate of drug-likeness (QED) is 0.162. The first-order chi connectivity index (χ1) is 29.5. The second-order valence-electron chi connectivity index (χ2n) is 13.4. The van der Waals surface area contributed by atoms with Crippen molar-refractivity contribution in [3.8, 4) is 0 Å². The Kier molecular flexibility index (Phi) is 23.0. The minimum atomic E-state index is -5.57. The number of piperidine rings is 3. The van der Waals surface area contributed by atoms with Gasteiger partial charge in [-0.15, -0.1) is 0 Å². The van der Waals surface area contributed by atoms with Gasteiger partial charge in [0, 0.05) is 83.7 Å². The zero-order valence-corrected chi connectivity index (χ0v) is 38.9. The molecule has 6 heterocycles. The number of aromatic nitrogens is 3. The van der Waals surface area contributed by atoms with Crippen molar-refractivity contribution in [3.63, 3.8) is 0 Å². The molecule has 3 aromatic rings. The van der Waals surface area contributed by atoms with E-state index in [0.717, 1.165) is 54.3 Å². The van der Waals surface area contributed by atoms with Gasteiger partial charge >= 0.3 is 15.6 Å². The second kappa shape index (κ2) is 26.4. The first-order valence-electron chi connectivity index (χ1n) is 20.3. The van der Waals surface area contributed by atoms with Crippen LogP contribution in [0.1, 0.15) is 82.9 Å². The summed E-state index contributed by atoms with van der Waals surface area (Å²) in [6.45, 7) is 22.6. The van der Waals surface area contributed by atoms with E-state index >= 15 is 0 Å². The topological polar surface area (TPSA) is 138 Å². The summed E-state index contributed by atoms with van der Waals surface area (Å²) in [5.74, 6) is 2.60. The fourth-order valence-corrected chi connectivity index (χ4v) is 7.84. The van der Waals surface area contributed by atoms with Crippen LogP contribution in [0.3, 0.4) is 0 Å². The van der Waals surface area contributed by atoms with Crippen LogP contribution in [0.4, 0.5) is 30.6 Å². The minimum Gasteiger partial charge on any atom is -0.359 e. The van der Waals surface area contributed by atoms with Crippen LogP contribution in [0.2, 0.25) is 15.1 Å². The number of pyridine rings is 3. The number of halogens is 6. The van der Waals surface area contributed by atoms with Crippen molar-refractivity contribution in [1.82, 2.24) is 20.3 Å². The monoisotopic (exact) mass is 945 g/mol. The molecular formula is C43H57Cl3F3N7O5S. The van der Waals surface area contributed by atoms with Gasteiger partial charge in [-0.2, -0.15) is 21.6 Å². The maximum absolute atomic E-state index is 12.3. The summed E-state index contributed by atoms with van der Waals surface area (Å²) < 4.78 is 63.1. The van der Waals surface area contributed by atoms with E-state index in [0.29, 0.717) is 52.6 Å². The Bertz CT molecular complexity index is 2050. The first-order valence-corrected chi connectivity index (χ1v) is 22.9. The maximum atomic E-state index is 12.3. The average Bonchev–Trinajstić information content (AvgIpc) is 3.28. The van der Waals surface area contributed by atoms with E-state index in [2.05, 4.69) is 54.0 Å². The third-order valence-corrected chi connectivity index (χ3v) is 11.5. The van der Waals surface area contributed by atoms with E-state index in [1.807, 2.05) is 39.8 Å². The van der Waals surface area contributed by atoms with Crippen molar-refractivity contribution >= 4 is 92.3 Å². The standard InChI is InChI=1S/C14H18ClN3O.C13H14ClF3N2O3S.C12H13ClN2O.2C2H6/c1-3-10-8-12(15)13(17-9-10)18-6-4-11(5-7-18)14(19)16-2;1-2-9-7-11(14)12(18-8-9)19-5-3-10(4-6-19)22-23(20,21)13(15,16)17;1-2-9-7-11(13)12(14-8-9)15-5-3-10(16)4-6-15;2*1-2/h3,8-9,11H,1,4-7H2,2H3,(H,16,19);2,7-8,10H,1,3-6H2;2,7-8H,1,3-6H2;2*1-2H3. The first kappa shape index (κ1) is 53.9. The molecule has 6 rings (SSSR count). The molecule has 0 bridgehead atoms. The molecule has 62 heavy (non-hydrogen) atoms. The summed E-state index contributed by atoms with van der Waals surface area (Å²) in [7, 11) is -3.89. The van der Waals surface area contributed by atoms with E-state index in [9.17, 15) is 31.2 Å². The number of alkyl halides is 3. The molecule has 1 N–H and O–H groups in total. The van der Waals surface area contributed by atoms with Crippen LogP contribution in [0, 0.1) is 5.92 Å². The fourth-order valence-electron chi connectivity index (χ4n) is 6.29. The molecule has 19 heteroatoms. The highest BCUT2D eigenvalue weighted by molar-refractivity contribution is 7.87. The summed E-state index contributed by atoms with van der Waals surface area (Å²) >= 11 is 18.5. The third kappa shape index (κ3) is 15.8. The van der Waals surface area contributed by atoms with Gasteiger partial charge < -0.3 is 20.0 Å². The van der Waals surface area contributed by atoms with Gasteiger partial charge in [0.05, 0.1) is 21.2 Å². The highest BCUT2D eigenvalue weighted by Crippen LogP contribution is 2.32. The molecule has 1 amide bonds. The lowest BCUT2D eigenvalue weighted by atomic mass is 9.96. The Hall–Kier alpha value is -4.22. The number of hydrogen-bond acceptors (Lipinski definition) is 11. The molecule has 0 atom stereocenters. The number of carbonyl (C=O) groups is 2. The zero-order valence-electron chi connectivity index (χ0n) is 35.9. The Labute approximate surface area is 379 Å². The number of hydrogen-bond donors (Lipinski definition) is 1. The zero-order chi connectivity index (χ0) is 46.6. The molecule has 0 spiro atoms. The van der Waals surface area contributed by atoms with Crippen molar-refractivity contribution < 1.29 is 35.4 Å². The fraction of sp³-hybridized carbons (Fsp3) is 0.465. The Balaban J connectivity index is 0.000000312. The maximum Gasteiger partial charge on any atom is 0.523 e. The van der Waals surface area contributed by atoms with Gasteiger partial charge in [0.25, 0.3) is 0 Å². The number of amides is 1. The lowest BCUT2D eigenvalue weighted by Gasteiger charge is -2.32. The van der Waals surface area contributed by atoms with Gasteiger partial charge in [0.1, 0.15) is 23.2 Å². The third-order valence-electron chi connectivity index (χ3n) is 9.56. The largest absolute Gasteiger partial charge is 0.523 e. The summed E-state index contributed by atoms with van der Waals surface area (Å²) in [5.41, 5.74) is -2.85. The number of carbonyl (C=O) groups excluding carboxylic acids is 2. The Morgan fingerprint density at radius 1 is 0.710 bits per heavy atom. The lowest BCUT2D eigenvalue weighted by Crippen LogP contribution is -2.40. The molecule has 0 aromatic carbocycles. The van der Waals surface area contributed by atoms with Gasteiger partial charge in [-0.25, -0.2) is 15.0 Å². The molecule has 3 aromatic heterocycles. The van der Waals surface area contributed by atoms with Crippen LogP contribution in [-0.2, 0) is 23.9 Å². The van der Waals surface area contributed by atoms with Crippen molar-refractivity contribution in [2.45, 2.75) is 77.8 Å². The van der Waals surface area contributed by atoms with Gasteiger partial charge in [0.15, 0.2) is 0 Å². The van der Waals surface area contributed by atoms with Crippen LogP contribution < -0.4 is 20.0 Å². The van der Waals surface area contributed by atoms with E-state index < -0.39 is 21.7 Å². The van der Waals surface area contributed by atoms with Gasteiger partial charge in [-0.1, -0.05) is 100 Å². The number of nitrogens with one attached hydrogen (secondary N) is 1.